The van der Waals surface area contributed by atoms with Crippen LogP contribution in [-0.2, 0) is 0 Å². The number of aromatic nitrogens is 4. The van der Waals surface area contributed by atoms with Gasteiger partial charge in [0.25, 0.3) is 0 Å². The van der Waals surface area contributed by atoms with E-state index >= 15 is 0 Å². The first kappa shape index (κ1) is 12.1. The molecule has 0 atom stereocenters. The van der Waals surface area contributed by atoms with Crippen LogP contribution in [0, 0.1) is 10.8 Å². The van der Waals surface area contributed by atoms with Gasteiger partial charge in [-0.1, -0.05) is 27.7 Å². The summed E-state index contributed by atoms with van der Waals surface area (Å²) in [4.78, 5) is 0. The number of anilines is 1. The summed E-state index contributed by atoms with van der Waals surface area (Å²) in [5.74, 6) is 0.809. The van der Waals surface area contributed by atoms with E-state index in [4.69, 9.17) is 5.73 Å². The Morgan fingerprint density at radius 3 is 2.16 bits per heavy atom. The fraction of sp³-hybridized carbons (Fsp3) is 0.500. The molecule has 1 aliphatic rings. The first-order valence-corrected chi connectivity index (χ1v) is 6.49. The molecule has 1 fully saturated rings. The Bertz CT molecular complexity index is 595. The molecule has 0 saturated heterocycles. The van der Waals surface area contributed by atoms with Crippen LogP contribution in [0.2, 0.25) is 0 Å². The Labute approximate surface area is 112 Å². The number of tetrazole rings is 1. The summed E-state index contributed by atoms with van der Waals surface area (Å²) in [6.45, 7) is 9.02. The predicted octanol–water partition coefficient (Wildman–Crippen LogP) is 2.53. The fourth-order valence-electron chi connectivity index (χ4n) is 2.96. The maximum Gasteiger partial charge on any atom is 0.182 e. The molecule has 0 aliphatic heterocycles. The molecule has 0 spiro atoms. The quantitative estimate of drug-likeness (QED) is 0.839. The van der Waals surface area contributed by atoms with E-state index in [0.717, 1.165) is 17.1 Å². The van der Waals surface area contributed by atoms with Gasteiger partial charge in [0.05, 0.1) is 6.04 Å². The Morgan fingerprint density at radius 1 is 1.05 bits per heavy atom. The minimum atomic E-state index is 0.199. The molecule has 1 aromatic heterocycles. The van der Waals surface area contributed by atoms with Gasteiger partial charge in [-0.2, -0.15) is 0 Å². The zero-order valence-corrected chi connectivity index (χ0v) is 11.8. The molecule has 2 aromatic rings. The highest BCUT2D eigenvalue weighted by Crippen LogP contribution is 2.71. The monoisotopic (exact) mass is 257 g/mol. The second-order valence-electron chi connectivity index (χ2n) is 6.41. The third-order valence-corrected chi connectivity index (χ3v) is 4.85. The highest BCUT2D eigenvalue weighted by atomic mass is 15.6. The van der Waals surface area contributed by atoms with Crippen LogP contribution in [0.5, 0.6) is 0 Å². The van der Waals surface area contributed by atoms with Crippen LogP contribution in [0.25, 0.3) is 11.4 Å². The molecule has 1 heterocycles. The third kappa shape index (κ3) is 1.57. The molecular weight excluding hydrogens is 238 g/mol. The van der Waals surface area contributed by atoms with E-state index in [1.807, 2.05) is 28.9 Å². The summed E-state index contributed by atoms with van der Waals surface area (Å²) < 4.78 is 1.95. The van der Waals surface area contributed by atoms with Crippen LogP contribution in [0.1, 0.15) is 33.7 Å². The van der Waals surface area contributed by atoms with E-state index < -0.39 is 0 Å². The van der Waals surface area contributed by atoms with E-state index in [9.17, 15) is 0 Å². The van der Waals surface area contributed by atoms with E-state index in [1.54, 1.807) is 0 Å². The smallest absolute Gasteiger partial charge is 0.182 e. The highest BCUT2D eigenvalue weighted by Gasteiger charge is 2.67. The van der Waals surface area contributed by atoms with Crippen molar-refractivity contribution in [2.24, 2.45) is 10.8 Å². The molecule has 0 bridgehead atoms. The lowest BCUT2D eigenvalue weighted by Crippen LogP contribution is -2.05. The van der Waals surface area contributed by atoms with Gasteiger partial charge in [-0.15, -0.1) is 5.10 Å². The van der Waals surface area contributed by atoms with Crippen LogP contribution < -0.4 is 5.73 Å². The zero-order chi connectivity index (χ0) is 13.8. The van der Waals surface area contributed by atoms with Gasteiger partial charge in [-0.3, -0.25) is 0 Å². The highest BCUT2D eigenvalue weighted by molar-refractivity contribution is 5.58. The number of nitrogens with zero attached hydrogens (tertiary/aromatic N) is 4. The van der Waals surface area contributed by atoms with Crippen molar-refractivity contribution in [1.82, 2.24) is 20.2 Å². The van der Waals surface area contributed by atoms with Crippen LogP contribution in [0.3, 0.4) is 0 Å². The molecule has 3 rings (SSSR count). The van der Waals surface area contributed by atoms with Gasteiger partial charge in [0.15, 0.2) is 5.82 Å². The van der Waals surface area contributed by atoms with Gasteiger partial charge in [-0.25, -0.2) is 4.68 Å². The molecule has 1 aromatic carbocycles. The lowest BCUT2D eigenvalue weighted by atomic mass is 10.0. The molecule has 5 nitrogen and oxygen atoms in total. The molecule has 0 radical (unpaired) electrons. The maximum atomic E-state index is 5.72. The first-order valence-electron chi connectivity index (χ1n) is 6.49. The van der Waals surface area contributed by atoms with E-state index in [0.29, 0.717) is 6.04 Å². The maximum absolute atomic E-state index is 5.72. The van der Waals surface area contributed by atoms with Crippen LogP contribution in [-0.4, -0.2) is 20.2 Å². The first-order chi connectivity index (χ1) is 8.85. The van der Waals surface area contributed by atoms with E-state index in [2.05, 4.69) is 43.2 Å². The largest absolute Gasteiger partial charge is 0.399 e. The summed E-state index contributed by atoms with van der Waals surface area (Å²) in [7, 11) is 0. The Morgan fingerprint density at radius 2 is 1.63 bits per heavy atom. The second-order valence-corrected chi connectivity index (χ2v) is 6.41. The lowest BCUT2D eigenvalue weighted by molar-refractivity contribution is 0.457. The van der Waals surface area contributed by atoms with Crippen LogP contribution in [0.15, 0.2) is 24.3 Å². The van der Waals surface area contributed by atoms with Crippen molar-refractivity contribution >= 4 is 5.69 Å². The fourth-order valence-corrected chi connectivity index (χ4v) is 2.96. The third-order valence-electron chi connectivity index (χ3n) is 4.85. The van der Waals surface area contributed by atoms with E-state index in [1.165, 1.54) is 0 Å². The normalized spacial score (nSPS) is 20.4. The van der Waals surface area contributed by atoms with Crippen LogP contribution >= 0.6 is 0 Å². The van der Waals surface area contributed by atoms with Gasteiger partial charge in [-0.05, 0) is 45.5 Å². The number of hydrogen-bond donors (Lipinski definition) is 1. The van der Waals surface area contributed by atoms with E-state index in [-0.39, 0.29) is 10.8 Å². The summed E-state index contributed by atoms with van der Waals surface area (Å²) in [5, 5.41) is 12.2. The summed E-state index contributed by atoms with van der Waals surface area (Å²) in [6.07, 6.45) is 0. The van der Waals surface area contributed by atoms with Gasteiger partial charge >= 0.3 is 0 Å². The molecule has 1 aliphatic carbocycles. The van der Waals surface area contributed by atoms with Crippen LogP contribution in [0.4, 0.5) is 5.69 Å². The summed E-state index contributed by atoms with van der Waals surface area (Å²) >= 11 is 0. The molecule has 2 N–H and O–H groups in total. The average molecular weight is 257 g/mol. The standard InChI is InChI=1S/C14H19N5/c1-13(2)12(14(13,3)4)19-11(16-17-18-19)9-5-7-10(15)8-6-9/h5-8,12H,15H2,1-4H3. The number of hydrogen-bond acceptors (Lipinski definition) is 4. The summed E-state index contributed by atoms with van der Waals surface area (Å²) in [6, 6.07) is 7.98. The number of nitrogen functional groups attached to an aromatic ring is 1. The van der Waals surface area contributed by atoms with Gasteiger partial charge in [0.2, 0.25) is 0 Å². The topological polar surface area (TPSA) is 69.6 Å². The predicted molar refractivity (Wildman–Crippen MR) is 74.3 cm³/mol. The van der Waals surface area contributed by atoms with Crippen molar-refractivity contribution in [3.8, 4) is 11.4 Å². The summed E-state index contributed by atoms with van der Waals surface area (Å²) in [5.41, 5.74) is 7.86. The molecule has 5 heteroatoms. The molecule has 0 unspecified atom stereocenters. The van der Waals surface area contributed by atoms with Gasteiger partial charge in [0.1, 0.15) is 0 Å². The van der Waals surface area contributed by atoms with Gasteiger partial charge < -0.3 is 5.73 Å². The van der Waals surface area contributed by atoms with Crippen molar-refractivity contribution in [3.63, 3.8) is 0 Å². The van der Waals surface area contributed by atoms with Crippen molar-refractivity contribution in [2.45, 2.75) is 33.7 Å². The minimum Gasteiger partial charge on any atom is -0.399 e. The van der Waals surface area contributed by atoms with Crippen molar-refractivity contribution in [3.05, 3.63) is 24.3 Å². The second kappa shape index (κ2) is 3.56. The Balaban J connectivity index is 2.03. The van der Waals surface area contributed by atoms with Crippen molar-refractivity contribution in [1.29, 1.82) is 0 Å². The zero-order valence-electron chi connectivity index (χ0n) is 11.8. The molecular formula is C14H19N5. The molecule has 0 amide bonds. The Kier molecular flexibility index (Phi) is 2.27. The lowest BCUT2D eigenvalue weighted by Gasteiger charge is -2.06. The minimum absolute atomic E-state index is 0.199. The molecule has 100 valence electrons. The molecule has 1 saturated carbocycles. The molecule has 19 heavy (non-hydrogen) atoms. The Hall–Kier alpha value is -1.91. The van der Waals surface area contributed by atoms with Crippen molar-refractivity contribution < 1.29 is 0 Å². The SMILES string of the molecule is CC1(C)C(n2nnnc2-c2ccc(N)cc2)C1(C)C. The number of rotatable bonds is 2. The van der Waals surface area contributed by atoms with Gasteiger partial charge in [0, 0.05) is 11.3 Å². The number of nitrogens with two attached hydrogens (primary N) is 1. The van der Waals surface area contributed by atoms with Crippen molar-refractivity contribution in [2.75, 3.05) is 5.73 Å². The number of benzene rings is 1. The average Bonchev–Trinajstić information content (AvgIpc) is 2.70.